The molecule has 14 heavy (non-hydrogen) atoms. The molecule has 0 aromatic heterocycles. The molecule has 1 aliphatic heterocycles. The molecule has 0 atom stereocenters. The number of carbonyl (C=O) groups is 2. The van der Waals surface area contributed by atoms with Gasteiger partial charge in [0.05, 0.1) is 0 Å². The third kappa shape index (κ3) is 2.58. The van der Waals surface area contributed by atoms with Crippen molar-refractivity contribution < 1.29 is 9.59 Å². The molecule has 4 nitrogen and oxygen atoms in total. The Kier molecular flexibility index (Phi) is 3.23. The van der Waals surface area contributed by atoms with Crippen LogP contribution in [0.5, 0.6) is 0 Å². The lowest BCUT2D eigenvalue weighted by Gasteiger charge is -2.18. The van der Waals surface area contributed by atoms with Gasteiger partial charge in [0.25, 0.3) is 5.91 Å². The highest BCUT2D eigenvalue weighted by atomic mass is 16.2. The number of carbonyl (C=O) groups excluding carboxylic acids is 2. The van der Waals surface area contributed by atoms with Crippen LogP contribution in [0.15, 0.2) is 36.6 Å². The van der Waals surface area contributed by atoms with Gasteiger partial charge in [-0.1, -0.05) is 18.7 Å². The molecule has 0 radical (unpaired) electrons. The maximum absolute atomic E-state index is 11.4. The molecule has 1 heterocycles. The highest BCUT2D eigenvalue weighted by Crippen LogP contribution is 1.99. The SMILES string of the molecule is C=C(C)C(=O)NC(=O)N1C=CC=CC1. The molecule has 0 aromatic carbocycles. The summed E-state index contributed by atoms with van der Waals surface area (Å²) in [5, 5.41) is 2.21. The van der Waals surface area contributed by atoms with E-state index in [4.69, 9.17) is 0 Å². The lowest BCUT2D eigenvalue weighted by molar-refractivity contribution is -0.116. The third-order valence-corrected chi connectivity index (χ3v) is 1.68. The monoisotopic (exact) mass is 192 g/mol. The maximum atomic E-state index is 11.4. The summed E-state index contributed by atoms with van der Waals surface area (Å²) >= 11 is 0. The molecule has 1 aliphatic rings. The van der Waals surface area contributed by atoms with Crippen LogP contribution >= 0.6 is 0 Å². The van der Waals surface area contributed by atoms with Crippen LogP contribution in [-0.4, -0.2) is 23.4 Å². The standard InChI is InChI=1S/C10H12N2O2/c1-8(2)9(13)11-10(14)12-6-4-3-5-7-12/h3-6H,1,7H2,2H3,(H,11,13,14). The number of allylic oxidation sites excluding steroid dienone is 2. The third-order valence-electron chi connectivity index (χ3n) is 1.68. The van der Waals surface area contributed by atoms with Crippen molar-refractivity contribution in [3.8, 4) is 0 Å². The topological polar surface area (TPSA) is 49.4 Å². The quantitative estimate of drug-likeness (QED) is 0.634. The number of urea groups is 1. The molecule has 0 saturated carbocycles. The minimum Gasteiger partial charge on any atom is -0.297 e. The number of nitrogens with one attached hydrogen (secondary N) is 1. The van der Waals surface area contributed by atoms with Gasteiger partial charge in [-0.2, -0.15) is 0 Å². The van der Waals surface area contributed by atoms with Crippen molar-refractivity contribution in [2.45, 2.75) is 6.92 Å². The molecule has 0 saturated heterocycles. The molecule has 4 heteroatoms. The Labute approximate surface area is 82.6 Å². The predicted octanol–water partition coefficient (Wildman–Crippen LogP) is 1.18. The second-order valence-corrected chi connectivity index (χ2v) is 2.96. The Balaban J connectivity index is 2.50. The van der Waals surface area contributed by atoms with Crippen LogP contribution in [0.25, 0.3) is 0 Å². The normalized spacial score (nSPS) is 13.9. The fraction of sp³-hybridized carbons (Fsp3) is 0.200. The first kappa shape index (κ1) is 10.2. The van der Waals surface area contributed by atoms with Crippen molar-refractivity contribution in [2.24, 2.45) is 0 Å². The molecule has 0 aliphatic carbocycles. The summed E-state index contributed by atoms with van der Waals surface area (Å²) in [6, 6.07) is -0.432. The van der Waals surface area contributed by atoms with Gasteiger partial charge in [-0.05, 0) is 13.0 Å². The number of hydrogen-bond donors (Lipinski definition) is 1. The first-order valence-corrected chi connectivity index (χ1v) is 4.22. The summed E-state index contributed by atoms with van der Waals surface area (Å²) in [4.78, 5) is 23.9. The van der Waals surface area contributed by atoms with Crippen LogP contribution in [0.1, 0.15) is 6.92 Å². The van der Waals surface area contributed by atoms with Crippen LogP contribution in [-0.2, 0) is 4.79 Å². The minimum atomic E-state index is -0.446. The second-order valence-electron chi connectivity index (χ2n) is 2.96. The summed E-state index contributed by atoms with van der Waals surface area (Å²) in [7, 11) is 0. The lowest BCUT2D eigenvalue weighted by atomic mass is 10.3. The molecule has 0 aromatic rings. The summed E-state index contributed by atoms with van der Waals surface area (Å²) in [5.41, 5.74) is 0.315. The molecule has 3 amide bonds. The van der Waals surface area contributed by atoms with Crippen LogP contribution in [0.2, 0.25) is 0 Å². The van der Waals surface area contributed by atoms with Crippen LogP contribution in [0, 0.1) is 0 Å². The van der Waals surface area contributed by atoms with E-state index in [1.807, 2.05) is 12.2 Å². The Hall–Kier alpha value is -1.84. The van der Waals surface area contributed by atoms with Crippen molar-refractivity contribution in [1.82, 2.24) is 10.2 Å². The maximum Gasteiger partial charge on any atom is 0.328 e. The average molecular weight is 192 g/mol. The van der Waals surface area contributed by atoms with E-state index in [0.717, 1.165) is 0 Å². The minimum absolute atomic E-state index is 0.315. The molecule has 1 rings (SSSR count). The van der Waals surface area contributed by atoms with E-state index >= 15 is 0 Å². The van der Waals surface area contributed by atoms with Crippen LogP contribution in [0.3, 0.4) is 0 Å². The van der Waals surface area contributed by atoms with Crippen LogP contribution < -0.4 is 5.32 Å². The fourth-order valence-corrected chi connectivity index (χ4v) is 0.894. The molecule has 74 valence electrons. The summed E-state index contributed by atoms with van der Waals surface area (Å²) in [6.07, 6.45) is 7.00. The van der Waals surface area contributed by atoms with Gasteiger partial charge in [0, 0.05) is 18.3 Å². The first-order valence-electron chi connectivity index (χ1n) is 4.22. The van der Waals surface area contributed by atoms with Crippen molar-refractivity contribution in [2.75, 3.05) is 6.54 Å². The fourth-order valence-electron chi connectivity index (χ4n) is 0.894. The van der Waals surface area contributed by atoms with Gasteiger partial charge in [0.15, 0.2) is 0 Å². The van der Waals surface area contributed by atoms with Gasteiger partial charge < -0.3 is 0 Å². The average Bonchev–Trinajstić information content (AvgIpc) is 2.19. The van der Waals surface area contributed by atoms with Crippen molar-refractivity contribution in [3.05, 3.63) is 36.6 Å². The number of hydrogen-bond acceptors (Lipinski definition) is 2. The zero-order valence-corrected chi connectivity index (χ0v) is 7.99. The van der Waals surface area contributed by atoms with E-state index in [1.165, 1.54) is 4.90 Å². The van der Waals surface area contributed by atoms with Gasteiger partial charge in [0.2, 0.25) is 0 Å². The summed E-state index contributed by atoms with van der Waals surface area (Å²) in [6.45, 7) is 5.47. The molecular formula is C10H12N2O2. The van der Waals surface area contributed by atoms with Gasteiger partial charge in [-0.3, -0.25) is 15.0 Å². The van der Waals surface area contributed by atoms with Gasteiger partial charge >= 0.3 is 6.03 Å². The Morgan fingerprint density at radius 3 is 2.64 bits per heavy atom. The Morgan fingerprint density at radius 1 is 1.43 bits per heavy atom. The number of nitrogens with zero attached hydrogens (tertiary/aromatic N) is 1. The number of amides is 3. The molecule has 0 bridgehead atoms. The molecule has 1 N–H and O–H groups in total. The van der Waals surface area contributed by atoms with Gasteiger partial charge in [-0.15, -0.1) is 0 Å². The van der Waals surface area contributed by atoms with E-state index in [0.29, 0.717) is 12.1 Å². The summed E-state index contributed by atoms with van der Waals surface area (Å²) < 4.78 is 0. The van der Waals surface area contributed by atoms with Gasteiger partial charge in [-0.25, -0.2) is 4.79 Å². The highest BCUT2D eigenvalue weighted by Gasteiger charge is 2.13. The highest BCUT2D eigenvalue weighted by molar-refractivity contribution is 6.03. The van der Waals surface area contributed by atoms with E-state index in [9.17, 15) is 9.59 Å². The largest absolute Gasteiger partial charge is 0.328 e. The van der Waals surface area contributed by atoms with Crippen molar-refractivity contribution in [1.29, 1.82) is 0 Å². The smallest absolute Gasteiger partial charge is 0.297 e. The molecular weight excluding hydrogens is 180 g/mol. The van der Waals surface area contributed by atoms with E-state index in [2.05, 4.69) is 11.9 Å². The van der Waals surface area contributed by atoms with E-state index < -0.39 is 11.9 Å². The van der Waals surface area contributed by atoms with E-state index in [-0.39, 0.29) is 0 Å². The predicted molar refractivity (Wildman–Crippen MR) is 53.3 cm³/mol. The molecule has 0 unspecified atom stereocenters. The number of rotatable bonds is 1. The second kappa shape index (κ2) is 4.41. The van der Waals surface area contributed by atoms with Crippen molar-refractivity contribution in [3.63, 3.8) is 0 Å². The first-order chi connectivity index (χ1) is 6.61. The van der Waals surface area contributed by atoms with Crippen molar-refractivity contribution >= 4 is 11.9 Å². The summed E-state index contributed by atoms with van der Waals surface area (Å²) in [5.74, 6) is -0.446. The van der Waals surface area contributed by atoms with Crippen LogP contribution in [0.4, 0.5) is 4.79 Å². The lowest BCUT2D eigenvalue weighted by Crippen LogP contribution is -2.40. The Morgan fingerprint density at radius 2 is 2.14 bits per heavy atom. The molecule has 0 spiro atoms. The van der Waals surface area contributed by atoms with E-state index in [1.54, 1.807) is 19.2 Å². The zero-order valence-electron chi connectivity index (χ0n) is 7.99. The molecule has 0 fully saturated rings. The van der Waals surface area contributed by atoms with Gasteiger partial charge in [0.1, 0.15) is 0 Å². The zero-order chi connectivity index (χ0) is 10.6. The number of imide groups is 1. The Bertz CT molecular complexity index is 329.